The van der Waals surface area contributed by atoms with Crippen LogP contribution in [0.4, 0.5) is 11.5 Å². The lowest BCUT2D eigenvalue weighted by molar-refractivity contribution is 0.128. The molecule has 0 fully saturated rings. The second-order valence-electron chi connectivity index (χ2n) is 3.03. The first-order chi connectivity index (χ1) is 6.63. The molecule has 0 spiro atoms. The molecule has 0 aliphatic rings. The highest BCUT2D eigenvalue weighted by molar-refractivity contribution is 6.33. The van der Waals surface area contributed by atoms with E-state index in [0.717, 1.165) is 0 Å². The number of nitrogens with two attached hydrogens (primary N) is 1. The lowest BCUT2D eigenvalue weighted by Crippen LogP contribution is -2.18. The number of halogens is 1. The van der Waals surface area contributed by atoms with Crippen molar-refractivity contribution in [2.45, 2.75) is 13.0 Å². The third kappa shape index (κ3) is 3.05. The van der Waals surface area contributed by atoms with Crippen LogP contribution >= 0.6 is 11.6 Å². The van der Waals surface area contributed by atoms with E-state index in [2.05, 4.69) is 10.3 Å². The molecule has 1 unspecified atom stereocenters. The predicted octanol–water partition coefficient (Wildman–Crippen LogP) is 1.76. The Morgan fingerprint density at radius 2 is 2.43 bits per heavy atom. The maximum Gasteiger partial charge on any atom is 0.145 e. The fraction of sp³-hybridized carbons (Fsp3) is 0.444. The molecular weight excluding hydrogens is 202 g/mol. The van der Waals surface area contributed by atoms with Gasteiger partial charge in [0.1, 0.15) is 5.82 Å². The normalized spacial score (nSPS) is 12.5. The Hall–Kier alpha value is -1.00. The van der Waals surface area contributed by atoms with Gasteiger partial charge in [0.25, 0.3) is 0 Å². The highest BCUT2D eigenvalue weighted by Crippen LogP contribution is 2.20. The molecule has 4 nitrogen and oxygen atoms in total. The van der Waals surface area contributed by atoms with Gasteiger partial charge in [0.05, 0.1) is 23.0 Å². The van der Waals surface area contributed by atoms with Crippen molar-refractivity contribution in [1.29, 1.82) is 0 Å². The van der Waals surface area contributed by atoms with Crippen molar-refractivity contribution in [3.63, 3.8) is 0 Å². The van der Waals surface area contributed by atoms with Crippen molar-refractivity contribution in [3.8, 4) is 0 Å². The molecule has 0 saturated heterocycles. The van der Waals surface area contributed by atoms with Crippen LogP contribution < -0.4 is 11.1 Å². The SMILES string of the molecule is COC(C)CNc1ncc(N)cc1Cl. The van der Waals surface area contributed by atoms with Crippen molar-refractivity contribution in [1.82, 2.24) is 4.98 Å². The highest BCUT2D eigenvalue weighted by Gasteiger charge is 2.04. The molecule has 1 rings (SSSR count). The van der Waals surface area contributed by atoms with Gasteiger partial charge < -0.3 is 15.8 Å². The van der Waals surface area contributed by atoms with Gasteiger partial charge in [0.15, 0.2) is 0 Å². The van der Waals surface area contributed by atoms with E-state index >= 15 is 0 Å². The molecule has 1 aromatic heterocycles. The molecule has 0 bridgehead atoms. The second kappa shape index (κ2) is 5.02. The van der Waals surface area contributed by atoms with E-state index in [0.29, 0.717) is 23.1 Å². The van der Waals surface area contributed by atoms with Crippen molar-refractivity contribution in [2.75, 3.05) is 24.7 Å². The van der Waals surface area contributed by atoms with Gasteiger partial charge in [-0.25, -0.2) is 4.98 Å². The zero-order valence-electron chi connectivity index (χ0n) is 8.25. The third-order valence-corrected chi connectivity index (χ3v) is 2.11. The first-order valence-corrected chi connectivity index (χ1v) is 4.69. The topological polar surface area (TPSA) is 60.2 Å². The largest absolute Gasteiger partial charge is 0.397 e. The van der Waals surface area contributed by atoms with Crippen molar-refractivity contribution in [3.05, 3.63) is 17.3 Å². The molecule has 0 amide bonds. The first kappa shape index (κ1) is 11.1. The number of ether oxygens (including phenoxy) is 1. The molecule has 0 saturated carbocycles. The van der Waals surface area contributed by atoms with Gasteiger partial charge in [-0.2, -0.15) is 0 Å². The molecule has 1 atom stereocenters. The summed E-state index contributed by atoms with van der Waals surface area (Å²) in [6.07, 6.45) is 1.68. The summed E-state index contributed by atoms with van der Waals surface area (Å²) in [6, 6.07) is 1.66. The summed E-state index contributed by atoms with van der Waals surface area (Å²) in [4.78, 5) is 4.06. The Morgan fingerprint density at radius 3 is 3.00 bits per heavy atom. The summed E-state index contributed by atoms with van der Waals surface area (Å²) >= 11 is 5.91. The Labute approximate surface area is 88.4 Å². The lowest BCUT2D eigenvalue weighted by atomic mass is 10.3. The Bertz CT molecular complexity index is 306. The Balaban J connectivity index is 2.59. The van der Waals surface area contributed by atoms with E-state index in [9.17, 15) is 0 Å². The van der Waals surface area contributed by atoms with E-state index in [4.69, 9.17) is 22.1 Å². The third-order valence-electron chi connectivity index (χ3n) is 1.82. The van der Waals surface area contributed by atoms with Crippen LogP contribution in [0.2, 0.25) is 5.02 Å². The fourth-order valence-electron chi connectivity index (χ4n) is 0.907. The summed E-state index contributed by atoms with van der Waals surface area (Å²) in [5, 5.41) is 3.59. The molecule has 1 heterocycles. The van der Waals surface area contributed by atoms with Crippen LogP contribution in [0.15, 0.2) is 12.3 Å². The van der Waals surface area contributed by atoms with Gasteiger partial charge in [-0.3, -0.25) is 0 Å². The molecule has 0 aliphatic carbocycles. The summed E-state index contributed by atoms with van der Waals surface area (Å²) in [5.41, 5.74) is 6.07. The highest BCUT2D eigenvalue weighted by atomic mass is 35.5. The van der Waals surface area contributed by atoms with E-state index in [1.165, 1.54) is 0 Å². The van der Waals surface area contributed by atoms with Crippen LogP contribution in [-0.2, 0) is 4.74 Å². The minimum absolute atomic E-state index is 0.116. The average Bonchev–Trinajstić information content (AvgIpc) is 2.16. The van der Waals surface area contributed by atoms with Gasteiger partial charge in [0, 0.05) is 13.7 Å². The molecule has 78 valence electrons. The number of anilines is 2. The lowest BCUT2D eigenvalue weighted by Gasteiger charge is -2.12. The maximum absolute atomic E-state index is 5.91. The number of aromatic nitrogens is 1. The van der Waals surface area contributed by atoms with E-state index in [-0.39, 0.29) is 6.10 Å². The van der Waals surface area contributed by atoms with Gasteiger partial charge in [-0.1, -0.05) is 11.6 Å². The van der Waals surface area contributed by atoms with Crippen LogP contribution in [0, 0.1) is 0 Å². The summed E-state index contributed by atoms with van der Waals surface area (Å²) in [5.74, 6) is 0.629. The van der Waals surface area contributed by atoms with Crippen LogP contribution in [0.25, 0.3) is 0 Å². The quantitative estimate of drug-likeness (QED) is 0.804. The summed E-state index contributed by atoms with van der Waals surface area (Å²) < 4.78 is 5.08. The Kier molecular flexibility index (Phi) is 3.98. The number of hydrogen-bond acceptors (Lipinski definition) is 4. The Morgan fingerprint density at radius 1 is 1.71 bits per heavy atom. The van der Waals surface area contributed by atoms with E-state index in [1.807, 2.05) is 6.92 Å². The maximum atomic E-state index is 5.91. The van der Waals surface area contributed by atoms with Crippen LogP contribution in [0.5, 0.6) is 0 Å². The molecule has 0 aliphatic heterocycles. The molecule has 3 N–H and O–H groups in total. The summed E-state index contributed by atoms with van der Waals surface area (Å²) in [6.45, 7) is 2.62. The molecule has 5 heteroatoms. The van der Waals surface area contributed by atoms with E-state index in [1.54, 1.807) is 19.4 Å². The second-order valence-corrected chi connectivity index (χ2v) is 3.43. The van der Waals surface area contributed by atoms with Gasteiger partial charge >= 0.3 is 0 Å². The van der Waals surface area contributed by atoms with Crippen molar-refractivity contribution in [2.24, 2.45) is 0 Å². The average molecular weight is 216 g/mol. The zero-order valence-corrected chi connectivity index (χ0v) is 9.01. The first-order valence-electron chi connectivity index (χ1n) is 4.31. The van der Waals surface area contributed by atoms with Gasteiger partial charge in [0.2, 0.25) is 0 Å². The smallest absolute Gasteiger partial charge is 0.145 e. The minimum atomic E-state index is 0.116. The zero-order chi connectivity index (χ0) is 10.6. The monoisotopic (exact) mass is 215 g/mol. The van der Waals surface area contributed by atoms with Crippen molar-refractivity contribution < 1.29 is 4.74 Å². The van der Waals surface area contributed by atoms with Crippen LogP contribution in [0.3, 0.4) is 0 Å². The number of pyridine rings is 1. The number of nitrogens with one attached hydrogen (secondary N) is 1. The molecule has 0 radical (unpaired) electrons. The molecule has 1 aromatic rings. The van der Waals surface area contributed by atoms with Gasteiger partial charge in [-0.05, 0) is 13.0 Å². The molecule has 0 aromatic carbocycles. The predicted molar refractivity (Wildman–Crippen MR) is 58.6 cm³/mol. The number of rotatable bonds is 4. The van der Waals surface area contributed by atoms with Crippen LogP contribution in [0.1, 0.15) is 6.92 Å². The van der Waals surface area contributed by atoms with Crippen LogP contribution in [-0.4, -0.2) is 24.7 Å². The molecule has 14 heavy (non-hydrogen) atoms. The minimum Gasteiger partial charge on any atom is -0.397 e. The number of methoxy groups -OCH3 is 1. The van der Waals surface area contributed by atoms with E-state index < -0.39 is 0 Å². The standard InChI is InChI=1S/C9H14ClN3O/c1-6(14-2)4-12-9-8(10)3-7(11)5-13-9/h3,5-6H,4,11H2,1-2H3,(H,12,13). The molecular formula is C9H14ClN3O. The number of hydrogen-bond donors (Lipinski definition) is 2. The van der Waals surface area contributed by atoms with Crippen molar-refractivity contribution >= 4 is 23.1 Å². The van der Waals surface area contributed by atoms with Gasteiger partial charge in [-0.15, -0.1) is 0 Å². The summed E-state index contributed by atoms with van der Waals surface area (Å²) in [7, 11) is 1.66. The number of nitrogens with zero attached hydrogens (tertiary/aromatic N) is 1. The fourth-order valence-corrected chi connectivity index (χ4v) is 1.15. The number of nitrogen functional groups attached to an aromatic ring is 1.